The Morgan fingerprint density at radius 2 is 1.86 bits per heavy atom. The van der Waals surface area contributed by atoms with E-state index < -0.39 is 11.7 Å². The lowest BCUT2D eigenvalue weighted by Crippen LogP contribution is -2.44. The molecule has 124 valence electrons. The predicted octanol–water partition coefficient (Wildman–Crippen LogP) is 3.78. The van der Waals surface area contributed by atoms with Crippen molar-refractivity contribution >= 4 is 6.09 Å². The number of hydrogen-bond acceptors (Lipinski definition) is 3. The highest BCUT2D eigenvalue weighted by molar-refractivity contribution is 5.68. The smallest absolute Gasteiger partial charge is 0.407 e. The molecule has 0 fully saturated rings. The molecule has 1 aromatic carbocycles. The molecule has 4 nitrogen and oxygen atoms in total. The van der Waals surface area contributed by atoms with Crippen molar-refractivity contribution in [3.63, 3.8) is 0 Å². The fourth-order valence-electron chi connectivity index (χ4n) is 1.96. The van der Waals surface area contributed by atoms with E-state index in [0.717, 1.165) is 12.0 Å². The van der Waals surface area contributed by atoms with Crippen molar-refractivity contribution in [2.75, 3.05) is 6.54 Å². The van der Waals surface area contributed by atoms with E-state index in [2.05, 4.69) is 10.6 Å². The lowest BCUT2D eigenvalue weighted by molar-refractivity contribution is 0.0502. The standard InChI is InChI=1S/C17H27FN2O2/c1-6-15(20-16(21)22-17(3,4)5)11-19-12(2)13-7-9-14(18)10-8-13/h7-10,12,15,19H,6,11H2,1-5H3,(H,20,21). The maximum Gasteiger partial charge on any atom is 0.407 e. The number of carbonyl (C=O) groups excluding carboxylic acids is 1. The fraction of sp³-hybridized carbons (Fsp3) is 0.588. The van der Waals surface area contributed by atoms with E-state index in [1.54, 1.807) is 12.1 Å². The maximum atomic E-state index is 12.9. The number of benzene rings is 1. The highest BCUT2D eigenvalue weighted by Crippen LogP contribution is 2.13. The van der Waals surface area contributed by atoms with E-state index in [1.807, 2.05) is 34.6 Å². The highest BCUT2D eigenvalue weighted by Gasteiger charge is 2.19. The van der Waals surface area contributed by atoms with Crippen molar-refractivity contribution in [2.24, 2.45) is 0 Å². The Kier molecular flexibility index (Phi) is 6.81. The molecule has 0 aromatic heterocycles. The molecule has 1 aromatic rings. The third-order valence-corrected chi connectivity index (χ3v) is 3.25. The largest absolute Gasteiger partial charge is 0.444 e. The molecule has 22 heavy (non-hydrogen) atoms. The summed E-state index contributed by atoms with van der Waals surface area (Å²) in [5, 5.41) is 6.20. The van der Waals surface area contributed by atoms with Crippen LogP contribution in [0.4, 0.5) is 9.18 Å². The summed E-state index contributed by atoms with van der Waals surface area (Å²) in [5.74, 6) is -0.242. The van der Waals surface area contributed by atoms with Crippen LogP contribution >= 0.6 is 0 Å². The van der Waals surface area contributed by atoms with Crippen LogP contribution in [-0.2, 0) is 4.74 Å². The van der Waals surface area contributed by atoms with Crippen molar-refractivity contribution in [3.8, 4) is 0 Å². The van der Waals surface area contributed by atoms with Gasteiger partial charge in [0.1, 0.15) is 11.4 Å². The van der Waals surface area contributed by atoms with E-state index in [9.17, 15) is 9.18 Å². The molecule has 2 atom stereocenters. The lowest BCUT2D eigenvalue weighted by Gasteiger charge is -2.24. The number of carbonyl (C=O) groups is 1. The zero-order valence-corrected chi connectivity index (χ0v) is 14.1. The van der Waals surface area contributed by atoms with Gasteiger partial charge in [-0.3, -0.25) is 0 Å². The first kappa shape index (κ1) is 18.4. The summed E-state index contributed by atoms with van der Waals surface area (Å²) in [6, 6.07) is 6.48. The van der Waals surface area contributed by atoms with Crippen LogP contribution in [0.25, 0.3) is 0 Å². The zero-order valence-electron chi connectivity index (χ0n) is 14.1. The molecule has 2 N–H and O–H groups in total. The Morgan fingerprint density at radius 3 is 2.36 bits per heavy atom. The first-order chi connectivity index (χ1) is 10.2. The van der Waals surface area contributed by atoms with Gasteiger partial charge in [0.2, 0.25) is 0 Å². The third kappa shape index (κ3) is 6.89. The van der Waals surface area contributed by atoms with Gasteiger partial charge in [-0.25, -0.2) is 9.18 Å². The molecule has 0 aliphatic heterocycles. The van der Waals surface area contributed by atoms with Crippen molar-refractivity contribution in [2.45, 2.75) is 58.7 Å². The minimum Gasteiger partial charge on any atom is -0.444 e. The van der Waals surface area contributed by atoms with Crippen LogP contribution in [0.1, 0.15) is 52.6 Å². The van der Waals surface area contributed by atoms with E-state index in [-0.39, 0.29) is 17.9 Å². The summed E-state index contributed by atoms with van der Waals surface area (Å²) in [6.45, 7) is 10.1. The zero-order chi connectivity index (χ0) is 16.8. The lowest BCUT2D eigenvalue weighted by atomic mass is 10.1. The Labute approximate surface area is 132 Å². The van der Waals surface area contributed by atoms with E-state index >= 15 is 0 Å². The Bertz CT molecular complexity index is 469. The molecule has 1 rings (SSSR count). The van der Waals surface area contributed by atoms with Gasteiger partial charge < -0.3 is 15.4 Å². The first-order valence-electron chi connectivity index (χ1n) is 7.69. The van der Waals surface area contributed by atoms with Gasteiger partial charge in [0, 0.05) is 18.6 Å². The average Bonchev–Trinajstić information content (AvgIpc) is 2.41. The van der Waals surface area contributed by atoms with Gasteiger partial charge in [0.25, 0.3) is 0 Å². The number of rotatable bonds is 6. The molecular weight excluding hydrogens is 283 g/mol. The number of nitrogens with one attached hydrogen (secondary N) is 2. The van der Waals surface area contributed by atoms with Crippen LogP contribution in [0.3, 0.4) is 0 Å². The van der Waals surface area contributed by atoms with Crippen molar-refractivity contribution in [1.82, 2.24) is 10.6 Å². The predicted molar refractivity (Wildman–Crippen MR) is 86.3 cm³/mol. The number of amides is 1. The van der Waals surface area contributed by atoms with E-state index in [4.69, 9.17) is 4.74 Å². The van der Waals surface area contributed by atoms with Gasteiger partial charge in [-0.05, 0) is 51.8 Å². The SMILES string of the molecule is CCC(CNC(C)c1ccc(F)cc1)NC(=O)OC(C)(C)C. The average molecular weight is 310 g/mol. The molecule has 0 bridgehead atoms. The van der Waals surface area contributed by atoms with Crippen LogP contribution in [0, 0.1) is 5.82 Å². The second-order valence-corrected chi connectivity index (χ2v) is 6.43. The van der Waals surface area contributed by atoms with Gasteiger partial charge >= 0.3 is 6.09 Å². The quantitative estimate of drug-likeness (QED) is 0.840. The van der Waals surface area contributed by atoms with Crippen LogP contribution in [-0.4, -0.2) is 24.3 Å². The van der Waals surface area contributed by atoms with Crippen molar-refractivity contribution < 1.29 is 13.9 Å². The Hall–Kier alpha value is -1.62. The van der Waals surface area contributed by atoms with E-state index in [1.165, 1.54) is 12.1 Å². The highest BCUT2D eigenvalue weighted by atomic mass is 19.1. The topological polar surface area (TPSA) is 50.4 Å². The second-order valence-electron chi connectivity index (χ2n) is 6.43. The summed E-state index contributed by atoms with van der Waals surface area (Å²) in [6.07, 6.45) is 0.387. The van der Waals surface area contributed by atoms with Gasteiger partial charge in [-0.1, -0.05) is 19.1 Å². The molecular formula is C17H27FN2O2. The molecule has 2 unspecified atom stereocenters. The Balaban J connectivity index is 2.46. The molecule has 0 saturated carbocycles. The molecule has 1 amide bonds. The van der Waals surface area contributed by atoms with Gasteiger partial charge in [0.05, 0.1) is 0 Å². The van der Waals surface area contributed by atoms with Crippen LogP contribution in [0.2, 0.25) is 0 Å². The first-order valence-corrected chi connectivity index (χ1v) is 7.69. The Morgan fingerprint density at radius 1 is 1.27 bits per heavy atom. The summed E-state index contributed by atoms with van der Waals surface area (Å²) in [4.78, 5) is 11.8. The molecule has 0 aliphatic carbocycles. The maximum absolute atomic E-state index is 12.9. The van der Waals surface area contributed by atoms with Crippen LogP contribution in [0.15, 0.2) is 24.3 Å². The normalized spacial score (nSPS) is 14.3. The summed E-state index contributed by atoms with van der Waals surface area (Å²) < 4.78 is 18.2. The fourth-order valence-corrected chi connectivity index (χ4v) is 1.96. The van der Waals surface area contributed by atoms with Gasteiger partial charge in [-0.2, -0.15) is 0 Å². The van der Waals surface area contributed by atoms with Gasteiger partial charge in [-0.15, -0.1) is 0 Å². The molecule has 0 heterocycles. The number of halogens is 1. The van der Waals surface area contributed by atoms with Crippen LogP contribution in [0.5, 0.6) is 0 Å². The number of ether oxygens (including phenoxy) is 1. The van der Waals surface area contributed by atoms with Gasteiger partial charge in [0.15, 0.2) is 0 Å². The minimum atomic E-state index is -0.503. The summed E-state index contributed by atoms with van der Waals surface area (Å²) in [7, 11) is 0. The third-order valence-electron chi connectivity index (χ3n) is 3.25. The summed E-state index contributed by atoms with van der Waals surface area (Å²) in [5.41, 5.74) is 0.505. The van der Waals surface area contributed by atoms with E-state index in [0.29, 0.717) is 6.54 Å². The van der Waals surface area contributed by atoms with Crippen LogP contribution < -0.4 is 10.6 Å². The molecule has 0 radical (unpaired) electrons. The number of hydrogen-bond donors (Lipinski definition) is 2. The number of alkyl carbamates (subject to hydrolysis) is 1. The molecule has 0 aliphatic rings. The van der Waals surface area contributed by atoms with Crippen molar-refractivity contribution in [1.29, 1.82) is 0 Å². The monoisotopic (exact) mass is 310 g/mol. The minimum absolute atomic E-state index is 0.0160. The van der Waals surface area contributed by atoms with Crippen molar-refractivity contribution in [3.05, 3.63) is 35.6 Å². The molecule has 0 saturated heterocycles. The molecule has 0 spiro atoms. The molecule has 5 heteroatoms. The second kappa shape index (κ2) is 8.13. The summed E-state index contributed by atoms with van der Waals surface area (Å²) >= 11 is 0.